The van der Waals surface area contributed by atoms with Gasteiger partial charge < -0.3 is 9.05 Å². The third-order valence-electron chi connectivity index (χ3n) is 3.91. The number of halogens is 3. The highest BCUT2D eigenvalue weighted by Crippen LogP contribution is 2.68. The van der Waals surface area contributed by atoms with E-state index in [0.717, 1.165) is 11.0 Å². The number of carbonyl (C=O) groups is 1. The van der Waals surface area contributed by atoms with Crippen molar-refractivity contribution in [1.29, 1.82) is 0 Å². The van der Waals surface area contributed by atoms with Crippen molar-refractivity contribution < 1.29 is 31.6 Å². The fourth-order valence-corrected chi connectivity index (χ4v) is 5.24. The molecule has 5 nitrogen and oxygen atoms in total. The maximum absolute atomic E-state index is 14.0. The van der Waals surface area contributed by atoms with E-state index in [-0.39, 0.29) is 37.5 Å². The molecule has 0 saturated heterocycles. The number of hydrogen-bond donors (Lipinski definition) is 0. The summed E-state index contributed by atoms with van der Waals surface area (Å²) in [6.07, 6.45) is -2.85. The largest absolute Gasteiger partial charge is 0.422 e. The Labute approximate surface area is 132 Å². The van der Waals surface area contributed by atoms with E-state index in [4.69, 9.17) is 9.05 Å². The van der Waals surface area contributed by atoms with E-state index in [2.05, 4.69) is 0 Å². The predicted molar refractivity (Wildman–Crippen MR) is 78.1 cm³/mol. The average Bonchev–Trinajstić information content (AvgIpc) is 2.75. The fourth-order valence-electron chi connectivity index (χ4n) is 2.98. The molecule has 0 amide bonds. The minimum Gasteiger partial charge on any atom is -0.307 e. The van der Waals surface area contributed by atoms with Gasteiger partial charge in [-0.2, -0.15) is 13.2 Å². The van der Waals surface area contributed by atoms with Gasteiger partial charge >= 0.3 is 13.8 Å². The molecule has 0 fully saturated rings. The Morgan fingerprint density at radius 1 is 1.26 bits per heavy atom. The highest BCUT2D eigenvalue weighted by molar-refractivity contribution is 7.56. The van der Waals surface area contributed by atoms with E-state index in [0.29, 0.717) is 5.57 Å². The van der Waals surface area contributed by atoms with Crippen molar-refractivity contribution >= 4 is 13.4 Å². The van der Waals surface area contributed by atoms with Gasteiger partial charge in [0.1, 0.15) is 0 Å². The number of likely N-dealkylation sites (N-methyl/N-ethyl adjacent to an activating group) is 1. The van der Waals surface area contributed by atoms with E-state index in [1.54, 1.807) is 0 Å². The molecular formula is C14H19F3NO4P. The molecule has 0 spiro atoms. The summed E-state index contributed by atoms with van der Waals surface area (Å²) in [4.78, 5) is 12.4. The molecule has 0 aromatic heterocycles. The Morgan fingerprint density at radius 2 is 1.83 bits per heavy atom. The average molecular weight is 353 g/mol. The highest BCUT2D eigenvalue weighted by Gasteiger charge is 2.70. The van der Waals surface area contributed by atoms with Crippen LogP contribution in [-0.4, -0.2) is 48.9 Å². The van der Waals surface area contributed by atoms with E-state index in [1.807, 2.05) is 0 Å². The highest BCUT2D eigenvalue weighted by atomic mass is 31.2. The van der Waals surface area contributed by atoms with Crippen molar-refractivity contribution in [3.8, 4) is 0 Å². The number of fused-ring (bicyclic) bond motifs is 1. The van der Waals surface area contributed by atoms with Crippen LogP contribution in [0.1, 0.15) is 20.3 Å². The lowest BCUT2D eigenvalue weighted by atomic mass is 9.98. The van der Waals surface area contributed by atoms with Gasteiger partial charge in [0.15, 0.2) is 5.78 Å². The quantitative estimate of drug-likeness (QED) is 0.710. The SMILES string of the molecule is CCOP(=O)(OCC)C1(C(F)(F)F)C=C2CC(=O)C=C2CN1C. The molecular weight excluding hydrogens is 334 g/mol. The third kappa shape index (κ3) is 2.82. The van der Waals surface area contributed by atoms with Crippen LogP contribution in [0, 0.1) is 0 Å². The molecule has 2 rings (SSSR count). The number of rotatable bonds is 5. The first-order chi connectivity index (χ1) is 10.6. The Hall–Kier alpha value is -0.950. The van der Waals surface area contributed by atoms with Gasteiger partial charge in [-0.15, -0.1) is 0 Å². The molecule has 1 heterocycles. The van der Waals surface area contributed by atoms with Gasteiger partial charge in [-0.3, -0.25) is 14.3 Å². The van der Waals surface area contributed by atoms with Crippen LogP contribution in [0.4, 0.5) is 13.2 Å². The summed E-state index contributed by atoms with van der Waals surface area (Å²) in [5.41, 5.74) is 0.752. The molecule has 1 aliphatic carbocycles. The molecule has 23 heavy (non-hydrogen) atoms. The lowest BCUT2D eigenvalue weighted by Gasteiger charge is -2.46. The summed E-state index contributed by atoms with van der Waals surface area (Å²) in [5, 5.41) is -2.90. The van der Waals surface area contributed by atoms with Crippen LogP contribution < -0.4 is 0 Å². The Balaban J connectivity index is 2.68. The van der Waals surface area contributed by atoms with Crippen LogP contribution >= 0.6 is 7.60 Å². The Bertz CT molecular complexity index is 604. The summed E-state index contributed by atoms with van der Waals surface area (Å²) in [6.45, 7) is 2.38. The first-order valence-corrected chi connectivity index (χ1v) is 8.78. The van der Waals surface area contributed by atoms with Crippen molar-refractivity contribution in [1.82, 2.24) is 4.90 Å². The Kier molecular flexibility index (Phi) is 4.93. The zero-order valence-electron chi connectivity index (χ0n) is 13.1. The maximum atomic E-state index is 14.0. The third-order valence-corrected chi connectivity index (χ3v) is 6.67. The summed E-state index contributed by atoms with van der Waals surface area (Å²) in [6, 6.07) is 0. The van der Waals surface area contributed by atoms with Crippen molar-refractivity contribution in [3.63, 3.8) is 0 Å². The molecule has 2 aliphatic rings. The first-order valence-electron chi connectivity index (χ1n) is 7.24. The van der Waals surface area contributed by atoms with Crippen LogP contribution in [0.3, 0.4) is 0 Å². The van der Waals surface area contributed by atoms with Gasteiger partial charge in [0, 0.05) is 13.0 Å². The van der Waals surface area contributed by atoms with Gasteiger partial charge in [-0.25, -0.2) is 0 Å². The lowest BCUT2D eigenvalue weighted by molar-refractivity contribution is -0.189. The minimum absolute atomic E-state index is 0.126. The topological polar surface area (TPSA) is 55.8 Å². The number of ketones is 1. The van der Waals surface area contributed by atoms with Gasteiger partial charge in [-0.05, 0) is 44.2 Å². The zero-order valence-corrected chi connectivity index (χ0v) is 14.0. The summed E-state index contributed by atoms with van der Waals surface area (Å²) >= 11 is 0. The van der Waals surface area contributed by atoms with E-state index < -0.39 is 19.1 Å². The summed E-state index contributed by atoms with van der Waals surface area (Å²) in [5.74, 6) is -0.264. The standard InChI is InChI=1S/C14H19F3NO4P/c1-4-21-23(20,22-5-2)13(14(15,16)17)8-10-6-12(19)7-11(10)9-18(13)3/h7-8H,4-6,9H2,1-3H3. The number of allylic oxidation sites excluding steroid dienone is 1. The molecule has 1 unspecified atom stereocenters. The molecule has 0 saturated carbocycles. The molecule has 0 bridgehead atoms. The van der Waals surface area contributed by atoms with Gasteiger partial charge in [0.2, 0.25) is 5.28 Å². The van der Waals surface area contributed by atoms with Crippen LogP contribution in [0.2, 0.25) is 0 Å². The second-order valence-electron chi connectivity index (χ2n) is 5.40. The molecule has 1 atom stereocenters. The summed E-state index contributed by atoms with van der Waals surface area (Å²) < 4.78 is 65.1. The van der Waals surface area contributed by atoms with Gasteiger partial charge in [0.05, 0.1) is 13.2 Å². The smallest absolute Gasteiger partial charge is 0.307 e. The second kappa shape index (κ2) is 6.16. The van der Waals surface area contributed by atoms with Crippen molar-refractivity contribution in [2.24, 2.45) is 0 Å². The molecule has 9 heteroatoms. The predicted octanol–water partition coefficient (Wildman–Crippen LogP) is 3.28. The van der Waals surface area contributed by atoms with E-state index >= 15 is 0 Å². The van der Waals surface area contributed by atoms with E-state index in [1.165, 1.54) is 27.0 Å². The normalized spacial score (nSPS) is 26.1. The van der Waals surface area contributed by atoms with Gasteiger partial charge in [-0.1, -0.05) is 0 Å². The van der Waals surface area contributed by atoms with Crippen LogP contribution in [0.25, 0.3) is 0 Å². The van der Waals surface area contributed by atoms with E-state index in [9.17, 15) is 22.5 Å². The monoisotopic (exact) mass is 353 g/mol. The zero-order chi connectivity index (χ0) is 17.5. The maximum Gasteiger partial charge on any atom is 0.422 e. The van der Waals surface area contributed by atoms with Gasteiger partial charge in [0.25, 0.3) is 0 Å². The molecule has 0 N–H and O–H groups in total. The van der Waals surface area contributed by atoms with Crippen LogP contribution in [-0.2, 0) is 18.4 Å². The minimum atomic E-state index is -4.90. The second-order valence-corrected chi connectivity index (χ2v) is 7.59. The molecule has 0 aromatic rings. The van der Waals surface area contributed by atoms with Crippen molar-refractivity contribution in [3.05, 3.63) is 23.3 Å². The van der Waals surface area contributed by atoms with Crippen molar-refractivity contribution in [2.75, 3.05) is 26.8 Å². The number of hydrogen-bond acceptors (Lipinski definition) is 5. The molecule has 0 aromatic carbocycles. The van der Waals surface area contributed by atoms with Crippen LogP contribution in [0.5, 0.6) is 0 Å². The molecule has 0 radical (unpaired) electrons. The lowest BCUT2D eigenvalue weighted by Crippen LogP contribution is -2.58. The summed E-state index contributed by atoms with van der Waals surface area (Å²) in [7, 11) is -3.38. The van der Waals surface area contributed by atoms with Crippen molar-refractivity contribution in [2.45, 2.75) is 31.7 Å². The first kappa shape index (κ1) is 18.4. The Morgan fingerprint density at radius 3 is 2.30 bits per heavy atom. The van der Waals surface area contributed by atoms with Crippen LogP contribution in [0.15, 0.2) is 23.3 Å². The fraction of sp³-hybridized carbons (Fsp3) is 0.643. The number of nitrogens with zero attached hydrogens (tertiary/aromatic N) is 1. The molecule has 130 valence electrons. The number of alkyl halides is 3. The molecule has 1 aliphatic heterocycles. The number of carbonyl (C=O) groups excluding carboxylic acids is 1.